The number of amides is 1. The number of nitrogens with one attached hydrogen (secondary N) is 2. The van der Waals surface area contributed by atoms with Crippen LogP contribution in [0.3, 0.4) is 0 Å². The number of hydrogen-bond donors (Lipinski definition) is 2. The summed E-state index contributed by atoms with van der Waals surface area (Å²) in [6.07, 6.45) is 3.36. The third-order valence-electron chi connectivity index (χ3n) is 2.48. The predicted molar refractivity (Wildman–Crippen MR) is 76.4 cm³/mol. The van der Waals surface area contributed by atoms with Gasteiger partial charge in [-0.15, -0.1) is 11.3 Å². The van der Waals surface area contributed by atoms with Crippen LogP contribution in [0.15, 0.2) is 24.5 Å². The summed E-state index contributed by atoms with van der Waals surface area (Å²) in [5, 5.41) is 6.94. The van der Waals surface area contributed by atoms with Crippen LogP contribution in [0.4, 0.5) is 5.82 Å². The van der Waals surface area contributed by atoms with Gasteiger partial charge in [0.2, 0.25) is 0 Å². The first-order chi connectivity index (χ1) is 9.19. The average molecular weight is 276 g/mol. The Morgan fingerprint density at radius 2 is 2.16 bits per heavy atom. The van der Waals surface area contributed by atoms with Gasteiger partial charge in [-0.2, -0.15) is 0 Å². The van der Waals surface area contributed by atoms with E-state index in [9.17, 15) is 4.79 Å². The van der Waals surface area contributed by atoms with Gasteiger partial charge < -0.3 is 10.6 Å². The monoisotopic (exact) mass is 276 g/mol. The summed E-state index contributed by atoms with van der Waals surface area (Å²) in [5.41, 5.74) is 0.558. The molecule has 2 rings (SSSR count). The number of carbonyl (C=O) groups is 1. The highest BCUT2D eigenvalue weighted by molar-refractivity contribution is 7.11. The Morgan fingerprint density at radius 1 is 1.32 bits per heavy atom. The van der Waals surface area contributed by atoms with Crippen LogP contribution in [0.5, 0.6) is 0 Å². The predicted octanol–water partition coefficient (Wildman–Crippen LogP) is 2.21. The molecule has 0 spiro atoms. The van der Waals surface area contributed by atoms with Crippen molar-refractivity contribution in [1.29, 1.82) is 0 Å². The summed E-state index contributed by atoms with van der Waals surface area (Å²) in [5.74, 6) is 0.652. The van der Waals surface area contributed by atoms with Gasteiger partial charge >= 0.3 is 0 Å². The molecule has 100 valence electrons. The standard InChI is InChI=1S/C13H16N4OS/c1-3-14-12-5-4-10(6-16-12)13(18)17-8-11-7-15-9(2)19-11/h4-7H,3,8H2,1-2H3,(H,14,16)(H,17,18). The first-order valence-corrected chi connectivity index (χ1v) is 6.90. The summed E-state index contributed by atoms with van der Waals surface area (Å²) >= 11 is 1.58. The topological polar surface area (TPSA) is 66.9 Å². The fourth-order valence-electron chi connectivity index (χ4n) is 1.57. The molecule has 0 aromatic carbocycles. The van der Waals surface area contributed by atoms with Crippen molar-refractivity contribution in [2.75, 3.05) is 11.9 Å². The lowest BCUT2D eigenvalue weighted by Crippen LogP contribution is -2.22. The molecule has 0 aliphatic rings. The van der Waals surface area contributed by atoms with Gasteiger partial charge in [-0.1, -0.05) is 0 Å². The number of aryl methyl sites for hydroxylation is 1. The fraction of sp³-hybridized carbons (Fsp3) is 0.308. The van der Waals surface area contributed by atoms with E-state index in [0.717, 1.165) is 22.2 Å². The van der Waals surface area contributed by atoms with E-state index in [1.807, 2.05) is 13.8 Å². The number of rotatable bonds is 5. The molecule has 2 aromatic rings. The summed E-state index contributed by atoms with van der Waals surface area (Å²) in [6.45, 7) is 5.25. The Hall–Kier alpha value is -1.95. The maximum absolute atomic E-state index is 11.9. The maximum Gasteiger partial charge on any atom is 0.253 e. The Morgan fingerprint density at radius 3 is 2.74 bits per heavy atom. The van der Waals surface area contributed by atoms with Crippen molar-refractivity contribution in [1.82, 2.24) is 15.3 Å². The third kappa shape index (κ3) is 3.75. The van der Waals surface area contributed by atoms with E-state index in [1.165, 1.54) is 0 Å². The molecule has 0 aliphatic carbocycles. The van der Waals surface area contributed by atoms with E-state index in [2.05, 4.69) is 20.6 Å². The van der Waals surface area contributed by atoms with Crippen LogP contribution in [-0.2, 0) is 6.54 Å². The largest absolute Gasteiger partial charge is 0.370 e. The van der Waals surface area contributed by atoms with Gasteiger partial charge in [0.05, 0.1) is 17.1 Å². The zero-order valence-electron chi connectivity index (χ0n) is 10.9. The lowest BCUT2D eigenvalue weighted by atomic mass is 10.2. The Labute approximate surface area is 116 Å². The second-order valence-corrected chi connectivity index (χ2v) is 5.31. The van der Waals surface area contributed by atoms with Gasteiger partial charge in [0.1, 0.15) is 5.82 Å². The quantitative estimate of drug-likeness (QED) is 0.878. The normalized spacial score (nSPS) is 10.2. The Bertz CT molecular complexity index is 550. The summed E-state index contributed by atoms with van der Waals surface area (Å²) in [6, 6.07) is 3.56. The highest BCUT2D eigenvalue weighted by atomic mass is 32.1. The highest BCUT2D eigenvalue weighted by Crippen LogP contribution is 2.11. The number of nitrogens with zero attached hydrogens (tertiary/aromatic N) is 2. The van der Waals surface area contributed by atoms with Gasteiger partial charge in [-0.05, 0) is 26.0 Å². The lowest BCUT2D eigenvalue weighted by molar-refractivity contribution is 0.0951. The van der Waals surface area contributed by atoms with Gasteiger partial charge in [0, 0.05) is 23.8 Å². The average Bonchev–Trinajstić information content (AvgIpc) is 2.83. The molecule has 2 N–H and O–H groups in total. The van der Waals surface area contributed by atoms with Crippen molar-refractivity contribution in [3.05, 3.63) is 40.0 Å². The molecule has 1 amide bonds. The number of hydrogen-bond acceptors (Lipinski definition) is 5. The first-order valence-electron chi connectivity index (χ1n) is 6.08. The molecule has 0 radical (unpaired) electrons. The van der Waals surface area contributed by atoms with Crippen LogP contribution in [0.2, 0.25) is 0 Å². The molecule has 0 unspecified atom stereocenters. The third-order valence-corrected chi connectivity index (χ3v) is 3.39. The van der Waals surface area contributed by atoms with Gasteiger partial charge in [0.15, 0.2) is 0 Å². The minimum absolute atomic E-state index is 0.124. The van der Waals surface area contributed by atoms with Gasteiger partial charge in [0.25, 0.3) is 5.91 Å². The van der Waals surface area contributed by atoms with Crippen molar-refractivity contribution >= 4 is 23.1 Å². The SMILES string of the molecule is CCNc1ccc(C(=O)NCc2cnc(C)s2)cn1. The van der Waals surface area contributed by atoms with E-state index in [0.29, 0.717) is 12.1 Å². The van der Waals surface area contributed by atoms with Crippen molar-refractivity contribution in [2.45, 2.75) is 20.4 Å². The Balaban J connectivity index is 1.92. The fourth-order valence-corrected chi connectivity index (χ4v) is 2.30. The number of aromatic nitrogens is 2. The molecule has 5 nitrogen and oxygen atoms in total. The minimum Gasteiger partial charge on any atom is -0.370 e. The summed E-state index contributed by atoms with van der Waals surface area (Å²) < 4.78 is 0. The van der Waals surface area contributed by atoms with Crippen LogP contribution in [0, 0.1) is 6.92 Å². The second kappa shape index (κ2) is 6.29. The first kappa shape index (κ1) is 13.5. The summed E-state index contributed by atoms with van der Waals surface area (Å²) in [4.78, 5) is 21.3. The summed E-state index contributed by atoms with van der Waals surface area (Å²) in [7, 11) is 0. The van der Waals surface area contributed by atoms with Gasteiger partial charge in [-0.25, -0.2) is 9.97 Å². The van der Waals surface area contributed by atoms with Crippen molar-refractivity contribution in [2.24, 2.45) is 0 Å². The van der Waals surface area contributed by atoms with Crippen molar-refractivity contribution < 1.29 is 4.79 Å². The molecule has 0 bridgehead atoms. The van der Waals surface area contributed by atoms with E-state index in [-0.39, 0.29) is 5.91 Å². The number of thiazole rings is 1. The Kier molecular flexibility index (Phi) is 4.46. The lowest BCUT2D eigenvalue weighted by Gasteiger charge is -2.05. The highest BCUT2D eigenvalue weighted by Gasteiger charge is 2.06. The van der Waals surface area contributed by atoms with E-state index >= 15 is 0 Å². The minimum atomic E-state index is -0.124. The van der Waals surface area contributed by atoms with Gasteiger partial charge in [-0.3, -0.25) is 4.79 Å². The molecular formula is C13H16N4OS. The zero-order chi connectivity index (χ0) is 13.7. The number of anilines is 1. The number of pyridine rings is 1. The molecular weight excluding hydrogens is 260 g/mol. The molecule has 19 heavy (non-hydrogen) atoms. The van der Waals surface area contributed by atoms with E-state index in [1.54, 1.807) is 35.9 Å². The van der Waals surface area contributed by atoms with Crippen LogP contribution in [-0.4, -0.2) is 22.4 Å². The van der Waals surface area contributed by atoms with Crippen LogP contribution < -0.4 is 10.6 Å². The molecule has 0 aliphatic heterocycles. The molecule has 0 saturated carbocycles. The molecule has 6 heteroatoms. The molecule has 2 aromatic heterocycles. The zero-order valence-corrected chi connectivity index (χ0v) is 11.8. The van der Waals surface area contributed by atoms with Crippen molar-refractivity contribution in [3.8, 4) is 0 Å². The molecule has 2 heterocycles. The van der Waals surface area contributed by atoms with E-state index < -0.39 is 0 Å². The van der Waals surface area contributed by atoms with Crippen LogP contribution in [0.1, 0.15) is 27.2 Å². The molecule has 0 atom stereocenters. The van der Waals surface area contributed by atoms with Crippen LogP contribution in [0.25, 0.3) is 0 Å². The molecule has 0 saturated heterocycles. The smallest absolute Gasteiger partial charge is 0.253 e. The molecule has 0 fully saturated rings. The second-order valence-electron chi connectivity index (χ2n) is 3.99. The van der Waals surface area contributed by atoms with E-state index in [4.69, 9.17) is 0 Å². The maximum atomic E-state index is 11.9. The van der Waals surface area contributed by atoms with Crippen molar-refractivity contribution in [3.63, 3.8) is 0 Å². The van der Waals surface area contributed by atoms with Crippen LogP contribution >= 0.6 is 11.3 Å². The number of carbonyl (C=O) groups excluding carboxylic acids is 1.